The van der Waals surface area contributed by atoms with Crippen molar-refractivity contribution in [3.63, 3.8) is 0 Å². The molecule has 2 rings (SSSR count). The third kappa shape index (κ3) is 4.89. The van der Waals surface area contributed by atoms with E-state index in [-0.39, 0.29) is 35.8 Å². The van der Waals surface area contributed by atoms with Gasteiger partial charge >= 0.3 is 0 Å². The van der Waals surface area contributed by atoms with E-state index in [0.717, 1.165) is 18.9 Å². The van der Waals surface area contributed by atoms with E-state index in [2.05, 4.69) is 4.72 Å². The van der Waals surface area contributed by atoms with Gasteiger partial charge in [-0.3, -0.25) is 4.79 Å². The Bertz CT molecular complexity index is 687. The topological polar surface area (TPSA) is 84.9 Å². The maximum Gasteiger partial charge on any atom is 0.259 e. The zero-order chi connectivity index (χ0) is 17.7. The minimum atomic E-state index is -3.83. The lowest BCUT2D eigenvalue weighted by molar-refractivity contribution is -0.130. The van der Waals surface area contributed by atoms with Crippen LogP contribution >= 0.6 is 0 Å². The summed E-state index contributed by atoms with van der Waals surface area (Å²) in [5.74, 6) is -1.35. The maximum absolute atomic E-state index is 14.0. The number of sulfonamides is 1. The molecule has 1 atom stereocenters. The van der Waals surface area contributed by atoms with Crippen molar-refractivity contribution in [1.29, 1.82) is 0 Å². The molecule has 7 nitrogen and oxygen atoms in total. The number of amides is 1. The Kier molecular flexibility index (Phi) is 6.14. The third-order valence-corrected chi connectivity index (χ3v) is 5.01. The van der Waals surface area contributed by atoms with Crippen LogP contribution in [0.25, 0.3) is 0 Å². The van der Waals surface area contributed by atoms with Crippen LogP contribution in [0, 0.1) is 5.82 Å². The van der Waals surface area contributed by atoms with Crippen molar-refractivity contribution < 1.29 is 27.1 Å². The standard InChI is InChI=1S/C15H21FN2O5S/c1-18(2)15(19)10-23-14-6-5-12(8-13(14)16)24(20,21)17-9-11-4-3-7-22-11/h5-6,8,11,17H,3-4,7,9-10H2,1-2H3. The van der Waals surface area contributed by atoms with Gasteiger partial charge in [0.2, 0.25) is 10.0 Å². The van der Waals surface area contributed by atoms with Crippen molar-refractivity contribution in [3.05, 3.63) is 24.0 Å². The van der Waals surface area contributed by atoms with Gasteiger partial charge in [-0.25, -0.2) is 17.5 Å². The number of nitrogens with one attached hydrogen (secondary N) is 1. The van der Waals surface area contributed by atoms with Gasteiger partial charge in [0.05, 0.1) is 11.0 Å². The molecule has 1 heterocycles. The van der Waals surface area contributed by atoms with Gasteiger partial charge in [0.15, 0.2) is 18.2 Å². The van der Waals surface area contributed by atoms with Gasteiger partial charge in [-0.1, -0.05) is 0 Å². The Labute approximate surface area is 140 Å². The molecule has 1 aliphatic heterocycles. The molecule has 1 amide bonds. The lowest BCUT2D eigenvalue weighted by Crippen LogP contribution is -2.31. The van der Waals surface area contributed by atoms with Crippen LogP contribution in [-0.2, 0) is 19.6 Å². The summed E-state index contributed by atoms with van der Waals surface area (Å²) in [6, 6.07) is 3.29. The van der Waals surface area contributed by atoms with Crippen LogP contribution in [0.15, 0.2) is 23.1 Å². The minimum Gasteiger partial charge on any atom is -0.481 e. The Hall–Kier alpha value is -1.71. The van der Waals surface area contributed by atoms with Crippen molar-refractivity contribution in [2.45, 2.75) is 23.8 Å². The molecule has 0 spiro atoms. The van der Waals surface area contributed by atoms with E-state index in [1.165, 1.54) is 17.0 Å². The first-order chi connectivity index (χ1) is 11.3. The van der Waals surface area contributed by atoms with Crippen molar-refractivity contribution in [1.82, 2.24) is 9.62 Å². The van der Waals surface area contributed by atoms with E-state index in [4.69, 9.17) is 9.47 Å². The highest BCUT2D eigenvalue weighted by molar-refractivity contribution is 7.89. The third-order valence-electron chi connectivity index (χ3n) is 3.59. The van der Waals surface area contributed by atoms with E-state index in [0.29, 0.717) is 6.61 Å². The number of nitrogens with zero attached hydrogens (tertiary/aromatic N) is 1. The molecular formula is C15H21FN2O5S. The number of hydrogen-bond donors (Lipinski definition) is 1. The second-order valence-electron chi connectivity index (χ2n) is 5.66. The summed E-state index contributed by atoms with van der Waals surface area (Å²) in [6.45, 7) is 0.450. The number of carbonyl (C=O) groups excluding carboxylic acids is 1. The van der Waals surface area contributed by atoms with Crippen LogP contribution < -0.4 is 9.46 Å². The van der Waals surface area contributed by atoms with E-state index in [1.807, 2.05) is 0 Å². The summed E-state index contributed by atoms with van der Waals surface area (Å²) in [7, 11) is -0.726. The normalized spacial score (nSPS) is 17.7. The molecule has 0 saturated carbocycles. The smallest absolute Gasteiger partial charge is 0.259 e. The first kappa shape index (κ1) is 18.6. The fourth-order valence-electron chi connectivity index (χ4n) is 2.13. The number of benzene rings is 1. The number of carbonyl (C=O) groups is 1. The molecular weight excluding hydrogens is 339 g/mol. The number of likely N-dealkylation sites (N-methyl/N-ethyl adjacent to an activating group) is 1. The first-order valence-electron chi connectivity index (χ1n) is 7.53. The first-order valence-corrected chi connectivity index (χ1v) is 9.01. The highest BCUT2D eigenvalue weighted by Crippen LogP contribution is 2.21. The van der Waals surface area contributed by atoms with E-state index >= 15 is 0 Å². The quantitative estimate of drug-likeness (QED) is 0.776. The van der Waals surface area contributed by atoms with Crippen molar-refractivity contribution in [3.8, 4) is 5.75 Å². The van der Waals surface area contributed by atoms with Crippen LogP contribution in [0.1, 0.15) is 12.8 Å². The zero-order valence-corrected chi connectivity index (χ0v) is 14.4. The van der Waals surface area contributed by atoms with E-state index in [9.17, 15) is 17.6 Å². The number of rotatable bonds is 7. The predicted octanol–water partition coefficient (Wildman–Crippen LogP) is 0.750. The second-order valence-corrected chi connectivity index (χ2v) is 7.42. The van der Waals surface area contributed by atoms with Crippen LogP contribution in [0.2, 0.25) is 0 Å². The second kappa shape index (κ2) is 7.91. The zero-order valence-electron chi connectivity index (χ0n) is 13.6. The molecule has 24 heavy (non-hydrogen) atoms. The molecule has 0 radical (unpaired) electrons. The van der Waals surface area contributed by atoms with Crippen LogP contribution in [-0.4, -0.2) is 59.2 Å². The largest absolute Gasteiger partial charge is 0.481 e. The van der Waals surface area contributed by atoms with Gasteiger partial charge in [0.25, 0.3) is 5.91 Å². The fraction of sp³-hybridized carbons (Fsp3) is 0.533. The van der Waals surface area contributed by atoms with E-state index in [1.54, 1.807) is 14.1 Å². The maximum atomic E-state index is 14.0. The number of hydrogen-bond acceptors (Lipinski definition) is 5. The molecule has 0 aromatic heterocycles. The molecule has 1 unspecified atom stereocenters. The highest BCUT2D eigenvalue weighted by Gasteiger charge is 2.21. The van der Waals surface area contributed by atoms with Crippen LogP contribution in [0.5, 0.6) is 5.75 Å². The summed E-state index contributed by atoms with van der Waals surface area (Å²) in [6.07, 6.45) is 1.55. The monoisotopic (exact) mass is 360 g/mol. The highest BCUT2D eigenvalue weighted by atomic mass is 32.2. The van der Waals surface area contributed by atoms with Gasteiger partial charge < -0.3 is 14.4 Å². The number of halogens is 1. The lowest BCUT2D eigenvalue weighted by atomic mass is 10.2. The van der Waals surface area contributed by atoms with Crippen molar-refractivity contribution in [2.75, 3.05) is 33.9 Å². The molecule has 9 heteroatoms. The average molecular weight is 360 g/mol. The molecule has 1 aromatic rings. The summed E-state index contributed by atoms with van der Waals surface area (Å²) in [4.78, 5) is 12.5. The lowest BCUT2D eigenvalue weighted by Gasteiger charge is -2.13. The number of ether oxygens (including phenoxy) is 2. The summed E-state index contributed by atoms with van der Waals surface area (Å²) in [5, 5.41) is 0. The average Bonchev–Trinajstić information content (AvgIpc) is 3.04. The molecule has 134 valence electrons. The Morgan fingerprint density at radius 1 is 1.46 bits per heavy atom. The van der Waals surface area contributed by atoms with Gasteiger partial charge in [-0.2, -0.15) is 0 Å². The minimum absolute atomic E-state index is 0.149. The van der Waals surface area contributed by atoms with E-state index < -0.39 is 15.8 Å². The molecule has 1 aliphatic rings. The van der Waals surface area contributed by atoms with Crippen molar-refractivity contribution >= 4 is 15.9 Å². The Morgan fingerprint density at radius 2 is 2.21 bits per heavy atom. The van der Waals surface area contributed by atoms with Gasteiger partial charge in [0, 0.05) is 27.2 Å². The van der Waals surface area contributed by atoms with Crippen LogP contribution in [0.4, 0.5) is 4.39 Å². The van der Waals surface area contributed by atoms with Crippen molar-refractivity contribution in [2.24, 2.45) is 0 Å². The summed E-state index contributed by atoms with van der Waals surface area (Å²) in [5.41, 5.74) is 0. The molecule has 1 aromatic carbocycles. The summed E-state index contributed by atoms with van der Waals surface area (Å²) < 4.78 is 51.2. The molecule has 1 saturated heterocycles. The van der Waals surface area contributed by atoms with Gasteiger partial charge in [-0.05, 0) is 31.0 Å². The predicted molar refractivity (Wildman–Crippen MR) is 84.8 cm³/mol. The Morgan fingerprint density at radius 3 is 2.79 bits per heavy atom. The molecule has 1 fully saturated rings. The summed E-state index contributed by atoms with van der Waals surface area (Å²) >= 11 is 0. The fourth-order valence-corrected chi connectivity index (χ4v) is 3.20. The van der Waals surface area contributed by atoms with Gasteiger partial charge in [-0.15, -0.1) is 0 Å². The molecule has 1 N–H and O–H groups in total. The molecule has 0 aliphatic carbocycles. The van der Waals surface area contributed by atoms with Gasteiger partial charge in [0.1, 0.15) is 0 Å². The Balaban J connectivity index is 2.00. The van der Waals surface area contributed by atoms with Crippen LogP contribution in [0.3, 0.4) is 0 Å². The SMILES string of the molecule is CN(C)C(=O)COc1ccc(S(=O)(=O)NCC2CCCO2)cc1F. The molecule has 0 bridgehead atoms.